The van der Waals surface area contributed by atoms with Gasteiger partial charge in [0.2, 0.25) is 5.75 Å². The molecule has 3 aromatic carbocycles. The van der Waals surface area contributed by atoms with Crippen molar-refractivity contribution >= 4 is 22.4 Å². The van der Waals surface area contributed by atoms with Gasteiger partial charge in [0.1, 0.15) is 11.5 Å². The molecule has 0 spiro atoms. The second-order valence-electron chi connectivity index (χ2n) is 7.46. The van der Waals surface area contributed by atoms with Crippen molar-refractivity contribution in [2.75, 3.05) is 41.3 Å². The number of aromatic amines is 1. The lowest BCUT2D eigenvalue weighted by Gasteiger charge is -2.14. The summed E-state index contributed by atoms with van der Waals surface area (Å²) in [5.74, 6) is 2.03. The molecular weight excluding hydrogens is 436 g/mol. The molecule has 0 saturated carbocycles. The maximum Gasteiger partial charge on any atom is 0.203 e. The predicted molar refractivity (Wildman–Crippen MR) is 131 cm³/mol. The molecule has 0 fully saturated rings. The second kappa shape index (κ2) is 9.27. The number of nitrogens with two attached hydrogens (primary N) is 1. The van der Waals surface area contributed by atoms with E-state index < -0.39 is 0 Å². The van der Waals surface area contributed by atoms with E-state index in [0.717, 1.165) is 11.1 Å². The Morgan fingerprint density at radius 3 is 1.97 bits per heavy atom. The molecule has 0 aliphatic rings. The van der Waals surface area contributed by atoms with Crippen LogP contribution >= 0.6 is 0 Å². The Labute approximate surface area is 197 Å². The number of H-pyrrole nitrogens is 1. The van der Waals surface area contributed by atoms with Crippen molar-refractivity contribution in [2.24, 2.45) is 0 Å². The van der Waals surface area contributed by atoms with Crippen LogP contribution in [0.3, 0.4) is 0 Å². The summed E-state index contributed by atoms with van der Waals surface area (Å²) in [4.78, 5) is 17.4. The minimum atomic E-state index is -0.251. The van der Waals surface area contributed by atoms with Crippen molar-refractivity contribution < 1.29 is 28.5 Å². The SMILES string of the molecule is COc1ccc(-c2[nH]c3cccc(OC)c3c2C(=O)c2cc(OC)c(OC)c(OC)c2)cc1N. The van der Waals surface area contributed by atoms with Crippen molar-refractivity contribution in [1.29, 1.82) is 0 Å². The van der Waals surface area contributed by atoms with Crippen molar-refractivity contribution in [3.63, 3.8) is 0 Å². The van der Waals surface area contributed by atoms with Crippen molar-refractivity contribution in [2.45, 2.75) is 0 Å². The number of carbonyl (C=O) groups is 1. The van der Waals surface area contributed by atoms with Gasteiger partial charge in [0.25, 0.3) is 0 Å². The van der Waals surface area contributed by atoms with Gasteiger partial charge in [-0.25, -0.2) is 0 Å². The summed E-state index contributed by atoms with van der Waals surface area (Å²) in [6.45, 7) is 0. The van der Waals surface area contributed by atoms with Gasteiger partial charge >= 0.3 is 0 Å². The molecule has 8 nitrogen and oxygen atoms in total. The van der Waals surface area contributed by atoms with Crippen LogP contribution in [-0.2, 0) is 0 Å². The molecule has 0 unspecified atom stereocenters. The molecule has 0 radical (unpaired) electrons. The molecule has 34 heavy (non-hydrogen) atoms. The van der Waals surface area contributed by atoms with E-state index >= 15 is 0 Å². The highest BCUT2D eigenvalue weighted by atomic mass is 16.5. The maximum atomic E-state index is 14.0. The van der Waals surface area contributed by atoms with Gasteiger partial charge in [0.05, 0.1) is 63.4 Å². The number of ketones is 1. The van der Waals surface area contributed by atoms with E-state index in [0.29, 0.717) is 56.6 Å². The number of fused-ring (bicyclic) bond motifs is 1. The maximum absolute atomic E-state index is 14.0. The Kier molecular flexibility index (Phi) is 6.23. The fourth-order valence-corrected chi connectivity index (χ4v) is 4.08. The van der Waals surface area contributed by atoms with E-state index in [9.17, 15) is 4.79 Å². The van der Waals surface area contributed by atoms with Gasteiger partial charge in [-0.2, -0.15) is 0 Å². The first-order chi connectivity index (χ1) is 16.5. The number of aromatic nitrogens is 1. The number of methoxy groups -OCH3 is 5. The van der Waals surface area contributed by atoms with E-state index in [1.165, 1.54) is 21.3 Å². The third kappa shape index (κ3) is 3.73. The third-order valence-corrected chi connectivity index (χ3v) is 5.68. The van der Waals surface area contributed by atoms with Crippen molar-refractivity contribution in [3.05, 3.63) is 59.7 Å². The van der Waals surface area contributed by atoms with Crippen molar-refractivity contribution in [3.8, 4) is 40.0 Å². The molecule has 176 valence electrons. The third-order valence-electron chi connectivity index (χ3n) is 5.68. The van der Waals surface area contributed by atoms with Crippen LogP contribution < -0.4 is 29.4 Å². The van der Waals surface area contributed by atoms with Crippen LogP contribution in [0.2, 0.25) is 0 Å². The highest BCUT2D eigenvalue weighted by molar-refractivity contribution is 6.22. The van der Waals surface area contributed by atoms with Crippen molar-refractivity contribution in [1.82, 2.24) is 4.98 Å². The Hall–Kier alpha value is -4.33. The van der Waals surface area contributed by atoms with E-state index in [1.54, 1.807) is 38.5 Å². The minimum Gasteiger partial charge on any atom is -0.496 e. The van der Waals surface area contributed by atoms with E-state index in [2.05, 4.69) is 4.98 Å². The van der Waals surface area contributed by atoms with Gasteiger partial charge in [0, 0.05) is 11.1 Å². The molecule has 0 aliphatic carbocycles. The summed E-state index contributed by atoms with van der Waals surface area (Å²) in [6, 6.07) is 14.2. The molecule has 0 amide bonds. The number of nitrogens with one attached hydrogen (secondary N) is 1. The van der Waals surface area contributed by atoms with Gasteiger partial charge in [-0.05, 0) is 42.5 Å². The van der Waals surface area contributed by atoms with Gasteiger partial charge in [-0.1, -0.05) is 6.07 Å². The normalized spacial score (nSPS) is 10.7. The minimum absolute atomic E-state index is 0.251. The lowest BCUT2D eigenvalue weighted by Crippen LogP contribution is -2.06. The van der Waals surface area contributed by atoms with Crippen LogP contribution in [0.1, 0.15) is 15.9 Å². The Morgan fingerprint density at radius 1 is 0.765 bits per heavy atom. The number of hydrogen-bond acceptors (Lipinski definition) is 7. The van der Waals surface area contributed by atoms with Gasteiger partial charge < -0.3 is 34.4 Å². The lowest BCUT2D eigenvalue weighted by atomic mass is 9.96. The zero-order valence-corrected chi connectivity index (χ0v) is 19.6. The molecule has 4 rings (SSSR count). The molecule has 3 N–H and O–H groups in total. The first-order valence-electron chi connectivity index (χ1n) is 10.4. The van der Waals surface area contributed by atoms with Crippen LogP contribution in [0.5, 0.6) is 28.7 Å². The molecule has 1 aromatic heterocycles. The van der Waals surface area contributed by atoms with E-state index in [-0.39, 0.29) is 5.78 Å². The summed E-state index contributed by atoms with van der Waals surface area (Å²) in [5.41, 5.74) is 9.51. The van der Waals surface area contributed by atoms with Gasteiger partial charge in [-0.3, -0.25) is 4.79 Å². The summed E-state index contributed by atoms with van der Waals surface area (Å²) in [5, 5.41) is 0.660. The number of nitrogen functional groups attached to an aromatic ring is 1. The fourth-order valence-electron chi connectivity index (χ4n) is 4.08. The predicted octanol–water partition coefficient (Wildman–Crippen LogP) is 4.69. The number of anilines is 1. The summed E-state index contributed by atoms with van der Waals surface area (Å²) < 4.78 is 27.2. The highest BCUT2D eigenvalue weighted by Gasteiger charge is 2.26. The Balaban J connectivity index is 2.00. The molecule has 1 heterocycles. The van der Waals surface area contributed by atoms with Crippen LogP contribution in [0, 0.1) is 0 Å². The smallest absolute Gasteiger partial charge is 0.203 e. The summed E-state index contributed by atoms with van der Waals surface area (Å²) >= 11 is 0. The molecule has 0 saturated heterocycles. The average Bonchev–Trinajstić information content (AvgIpc) is 3.27. The number of carbonyl (C=O) groups excluding carboxylic acids is 1. The quantitative estimate of drug-likeness (QED) is 0.289. The van der Waals surface area contributed by atoms with Crippen LogP contribution in [0.4, 0.5) is 5.69 Å². The monoisotopic (exact) mass is 462 g/mol. The lowest BCUT2D eigenvalue weighted by molar-refractivity contribution is 0.104. The number of hydrogen-bond donors (Lipinski definition) is 2. The van der Waals surface area contributed by atoms with E-state index in [1.807, 2.05) is 24.3 Å². The summed E-state index contributed by atoms with van der Waals surface area (Å²) in [6.07, 6.45) is 0. The molecule has 4 aromatic rings. The standard InChI is InChI=1S/C26H26N2O6/c1-30-18-10-9-14(11-16(18)27)24-23(22-17(28-24)7-6-8-19(22)31-2)25(29)15-12-20(32-3)26(34-5)21(13-15)33-4/h6-13,28H,27H2,1-5H3. The van der Waals surface area contributed by atoms with Crippen LogP contribution in [0.25, 0.3) is 22.2 Å². The topological polar surface area (TPSA) is 105 Å². The van der Waals surface area contributed by atoms with Gasteiger partial charge in [-0.15, -0.1) is 0 Å². The highest BCUT2D eigenvalue weighted by Crippen LogP contribution is 2.42. The molecule has 0 bridgehead atoms. The first-order valence-corrected chi connectivity index (χ1v) is 10.4. The number of ether oxygens (including phenoxy) is 5. The number of benzene rings is 3. The second-order valence-corrected chi connectivity index (χ2v) is 7.46. The number of rotatable bonds is 8. The molecule has 0 aliphatic heterocycles. The summed E-state index contributed by atoms with van der Waals surface area (Å²) in [7, 11) is 7.65. The Morgan fingerprint density at radius 2 is 1.41 bits per heavy atom. The van der Waals surface area contributed by atoms with Crippen LogP contribution in [-0.4, -0.2) is 46.3 Å². The zero-order chi connectivity index (χ0) is 24.4. The first kappa shape index (κ1) is 22.8. The van der Waals surface area contributed by atoms with Gasteiger partial charge in [0.15, 0.2) is 17.3 Å². The average molecular weight is 463 g/mol. The molecule has 0 atom stereocenters. The Bertz CT molecular complexity index is 1350. The zero-order valence-electron chi connectivity index (χ0n) is 19.6. The largest absolute Gasteiger partial charge is 0.496 e. The fraction of sp³-hybridized carbons (Fsp3) is 0.192. The van der Waals surface area contributed by atoms with Crippen LogP contribution in [0.15, 0.2) is 48.5 Å². The molecular formula is C26H26N2O6. The van der Waals surface area contributed by atoms with E-state index in [4.69, 9.17) is 29.4 Å². The molecule has 8 heteroatoms.